The molecule has 0 aliphatic heterocycles. The summed E-state index contributed by atoms with van der Waals surface area (Å²) in [6, 6.07) is 0.289. The molecule has 0 unspecified atom stereocenters. The summed E-state index contributed by atoms with van der Waals surface area (Å²) in [5, 5.41) is 55.7. The molecular weight excluding hydrogens is 242 g/mol. The van der Waals surface area contributed by atoms with Gasteiger partial charge in [-0.25, -0.2) is 0 Å². The summed E-state index contributed by atoms with van der Waals surface area (Å²) < 4.78 is 0. The Bertz CT molecular complexity index is 460. The maximum Gasteiger partial charge on any atom is 0.320 e. The molecule has 1 rings (SSSR count). The number of nitrogens with zero attached hydrogens (tertiary/aromatic N) is 3. The minimum atomic E-state index is -1.32. The number of hydrogen-bond donors (Lipinski definition) is 4. The van der Waals surface area contributed by atoms with E-state index in [1.54, 1.807) is 0 Å². The molecule has 0 saturated heterocycles. The maximum absolute atomic E-state index is 10.4. The molecule has 0 heterocycles. The Balaban J connectivity index is 3.69. The van der Waals surface area contributed by atoms with E-state index in [1.807, 2.05) is 0 Å². The van der Waals surface area contributed by atoms with Gasteiger partial charge in [-0.3, -0.25) is 30.6 Å². The summed E-state index contributed by atoms with van der Waals surface area (Å²) in [5.41, 5.74) is -3.57. The molecule has 0 bridgehead atoms. The van der Waals surface area contributed by atoms with Gasteiger partial charge in [-0.1, -0.05) is 0 Å². The fourth-order valence-electron chi connectivity index (χ4n) is 1.09. The van der Waals surface area contributed by atoms with Crippen molar-refractivity contribution in [3.63, 3.8) is 0 Å². The summed E-state index contributed by atoms with van der Waals surface area (Å²) in [4.78, 5) is 18.5. The zero-order valence-electron chi connectivity index (χ0n) is 7.84. The lowest BCUT2D eigenvalue weighted by molar-refractivity contribution is -0.395. The molecule has 0 amide bonds. The zero-order chi connectivity index (χ0) is 13.3. The number of anilines is 1. The van der Waals surface area contributed by atoms with E-state index < -0.39 is 43.6 Å². The predicted molar refractivity (Wildman–Crippen MR) is 49.1 cm³/mol. The number of hydrogen-bond acceptors (Lipinski definition) is 9. The van der Waals surface area contributed by atoms with Crippen molar-refractivity contribution < 1.29 is 30.5 Å². The normalized spacial score (nSPS) is 10.0. The van der Waals surface area contributed by atoms with E-state index >= 15 is 0 Å². The third kappa shape index (κ3) is 1.99. The largest absolute Gasteiger partial charge is 0.500 e. The number of nitro benzene ring substituents is 2. The van der Waals surface area contributed by atoms with Crippen molar-refractivity contribution in [2.24, 2.45) is 0 Å². The van der Waals surface area contributed by atoms with Gasteiger partial charge < -0.3 is 10.2 Å². The van der Waals surface area contributed by atoms with E-state index in [1.165, 1.54) is 0 Å². The Labute approximate surface area is 91.6 Å². The molecule has 11 heteroatoms. The van der Waals surface area contributed by atoms with E-state index in [2.05, 4.69) is 0 Å². The van der Waals surface area contributed by atoms with Gasteiger partial charge in [0.15, 0.2) is 5.69 Å². The van der Waals surface area contributed by atoms with Crippen LogP contribution >= 0.6 is 0 Å². The first kappa shape index (κ1) is 12.4. The maximum atomic E-state index is 10.4. The summed E-state index contributed by atoms with van der Waals surface area (Å²) in [6.45, 7) is 0. The van der Waals surface area contributed by atoms with E-state index in [0.717, 1.165) is 0 Å². The number of phenols is 2. The van der Waals surface area contributed by atoms with Crippen LogP contribution in [-0.2, 0) is 0 Å². The summed E-state index contributed by atoms with van der Waals surface area (Å²) >= 11 is 0. The first-order chi connectivity index (χ1) is 7.77. The Morgan fingerprint density at radius 1 is 1.00 bits per heavy atom. The molecule has 0 aliphatic rings. The van der Waals surface area contributed by atoms with Crippen molar-refractivity contribution in [2.75, 3.05) is 5.23 Å². The molecule has 0 fully saturated rings. The van der Waals surface area contributed by atoms with E-state index in [4.69, 9.17) is 10.4 Å². The molecule has 0 aromatic heterocycles. The van der Waals surface area contributed by atoms with E-state index in [0.29, 0.717) is 0 Å². The SMILES string of the molecule is O=[N+]([O-])c1cc([N+](=O)[O-])c(O)c(N(O)O)c1O. The Hall–Kier alpha value is -2.66. The van der Waals surface area contributed by atoms with Crippen LogP contribution in [0.2, 0.25) is 0 Å². The lowest BCUT2D eigenvalue weighted by atomic mass is 10.2. The highest BCUT2D eigenvalue weighted by Gasteiger charge is 2.32. The molecule has 0 radical (unpaired) electrons. The number of phenolic OH excluding ortho intramolecular Hbond substituents is 2. The molecule has 11 nitrogen and oxygen atoms in total. The van der Waals surface area contributed by atoms with E-state index in [9.17, 15) is 30.4 Å². The van der Waals surface area contributed by atoms with Gasteiger partial charge in [0.2, 0.25) is 11.5 Å². The van der Waals surface area contributed by atoms with Gasteiger partial charge in [0.1, 0.15) is 6.07 Å². The second kappa shape index (κ2) is 4.07. The predicted octanol–water partition coefficient (Wildman–Crippen LogP) is 0.499. The van der Waals surface area contributed by atoms with Crippen molar-refractivity contribution >= 4 is 17.1 Å². The Kier molecular flexibility index (Phi) is 2.97. The van der Waals surface area contributed by atoms with Gasteiger partial charge in [0.25, 0.3) is 0 Å². The number of benzene rings is 1. The Morgan fingerprint density at radius 3 is 1.59 bits per heavy atom. The van der Waals surface area contributed by atoms with Crippen molar-refractivity contribution in [1.29, 1.82) is 0 Å². The first-order valence-corrected chi connectivity index (χ1v) is 3.83. The highest BCUT2D eigenvalue weighted by molar-refractivity contribution is 5.78. The van der Waals surface area contributed by atoms with Gasteiger partial charge in [-0.2, -0.15) is 0 Å². The fourth-order valence-corrected chi connectivity index (χ4v) is 1.09. The van der Waals surface area contributed by atoms with Crippen LogP contribution in [0.4, 0.5) is 17.1 Å². The van der Waals surface area contributed by atoms with Crippen LogP contribution in [0.5, 0.6) is 11.5 Å². The highest BCUT2D eigenvalue weighted by atomic mass is 16.8. The lowest BCUT2D eigenvalue weighted by Gasteiger charge is -2.11. The number of rotatable bonds is 3. The average molecular weight is 247 g/mol. The second-order valence-corrected chi connectivity index (χ2v) is 2.76. The standard InChI is InChI=1S/C6H5N3O8/c10-5-2(7(12)13)1-3(8(14)15)6(11)4(5)9(16)17/h1,10-11,16-17H. The average Bonchev–Trinajstić information content (AvgIpc) is 2.15. The van der Waals surface area contributed by atoms with Crippen molar-refractivity contribution in [1.82, 2.24) is 0 Å². The monoisotopic (exact) mass is 247 g/mol. The molecule has 4 N–H and O–H groups in total. The van der Waals surface area contributed by atoms with Crippen molar-refractivity contribution in [3.05, 3.63) is 26.3 Å². The minimum Gasteiger partial charge on any atom is -0.500 e. The molecule has 0 spiro atoms. The molecular formula is C6H5N3O8. The van der Waals surface area contributed by atoms with Crippen LogP contribution in [-0.4, -0.2) is 30.5 Å². The van der Waals surface area contributed by atoms with Crippen LogP contribution in [0.1, 0.15) is 0 Å². The minimum absolute atomic E-state index is 0.289. The van der Waals surface area contributed by atoms with E-state index in [-0.39, 0.29) is 6.07 Å². The topological polar surface area (TPSA) is 170 Å². The Morgan fingerprint density at radius 2 is 1.35 bits per heavy atom. The first-order valence-electron chi connectivity index (χ1n) is 3.83. The molecule has 0 atom stereocenters. The van der Waals surface area contributed by atoms with Gasteiger partial charge >= 0.3 is 11.4 Å². The van der Waals surface area contributed by atoms with Crippen molar-refractivity contribution in [3.8, 4) is 11.5 Å². The fraction of sp³-hybridized carbons (Fsp3) is 0. The van der Waals surface area contributed by atoms with Gasteiger partial charge in [0, 0.05) is 0 Å². The van der Waals surface area contributed by atoms with Crippen LogP contribution in [0.15, 0.2) is 6.07 Å². The van der Waals surface area contributed by atoms with Crippen LogP contribution in [0.3, 0.4) is 0 Å². The molecule has 17 heavy (non-hydrogen) atoms. The molecule has 1 aromatic rings. The van der Waals surface area contributed by atoms with Crippen LogP contribution in [0.25, 0.3) is 0 Å². The molecule has 1 aromatic carbocycles. The lowest BCUT2D eigenvalue weighted by Crippen LogP contribution is -2.12. The second-order valence-electron chi connectivity index (χ2n) is 2.76. The molecule has 92 valence electrons. The number of aromatic hydroxyl groups is 2. The summed E-state index contributed by atoms with van der Waals surface area (Å²) in [7, 11) is 0. The van der Waals surface area contributed by atoms with Crippen LogP contribution < -0.4 is 5.23 Å². The number of nitro groups is 2. The van der Waals surface area contributed by atoms with Gasteiger partial charge in [-0.05, 0) is 0 Å². The quantitative estimate of drug-likeness (QED) is 0.438. The third-order valence-corrected chi connectivity index (χ3v) is 1.80. The van der Waals surface area contributed by atoms with Gasteiger partial charge in [0.05, 0.1) is 9.85 Å². The molecule has 0 aliphatic carbocycles. The molecule has 0 saturated carbocycles. The third-order valence-electron chi connectivity index (χ3n) is 1.80. The van der Waals surface area contributed by atoms with Gasteiger partial charge in [-0.15, -0.1) is 5.23 Å². The van der Waals surface area contributed by atoms with Crippen LogP contribution in [0, 0.1) is 20.2 Å². The zero-order valence-corrected chi connectivity index (χ0v) is 7.84. The summed E-state index contributed by atoms with van der Waals surface area (Å²) in [5.74, 6) is -2.63. The van der Waals surface area contributed by atoms with Crippen molar-refractivity contribution in [2.45, 2.75) is 0 Å². The summed E-state index contributed by atoms with van der Waals surface area (Å²) in [6.07, 6.45) is 0. The smallest absolute Gasteiger partial charge is 0.320 e. The highest BCUT2D eigenvalue weighted by Crippen LogP contribution is 2.47.